The van der Waals surface area contributed by atoms with Crippen LogP contribution >= 0.6 is 0 Å². The molecule has 3 amide bonds. The molecule has 8 heteroatoms. The molecule has 3 rings (SSSR count). The number of anilines is 2. The Balaban J connectivity index is 1.85. The Hall–Kier alpha value is -3.68. The Labute approximate surface area is 149 Å². The predicted octanol–water partition coefficient (Wildman–Crippen LogP) is 2.78. The molecule has 5 N–H and O–H groups in total. The van der Waals surface area contributed by atoms with Crippen LogP contribution in [0.2, 0.25) is 0 Å². The molecule has 0 aliphatic rings. The molecule has 0 radical (unpaired) electrons. The van der Waals surface area contributed by atoms with Gasteiger partial charge in [0.25, 0.3) is 5.91 Å². The highest BCUT2D eigenvalue weighted by atomic mass is 16.2. The highest BCUT2D eigenvalue weighted by Crippen LogP contribution is 2.25. The van der Waals surface area contributed by atoms with Gasteiger partial charge in [-0.2, -0.15) is 5.10 Å². The van der Waals surface area contributed by atoms with Crippen molar-refractivity contribution in [1.82, 2.24) is 15.2 Å². The number of carbonyl (C=O) groups is 2. The molecule has 8 nitrogen and oxygen atoms in total. The number of nitrogens with two attached hydrogens (primary N) is 1. The first-order valence-corrected chi connectivity index (χ1v) is 8.05. The number of nitrogens with one attached hydrogen (secondary N) is 3. The summed E-state index contributed by atoms with van der Waals surface area (Å²) in [6, 6.07) is 13.1. The number of hydrogen-bond acceptors (Lipinski definition) is 4. The SMILES string of the molecule is CCc1nc(-c2ccccc2NC(=O)c2cccc(NC(N)=O)c2)n[nH]1. The van der Waals surface area contributed by atoms with E-state index < -0.39 is 6.03 Å². The Bertz CT molecular complexity index is 950. The van der Waals surface area contributed by atoms with Crippen LogP contribution in [-0.2, 0) is 6.42 Å². The van der Waals surface area contributed by atoms with E-state index in [1.54, 1.807) is 30.3 Å². The number of primary amides is 1. The maximum Gasteiger partial charge on any atom is 0.316 e. The lowest BCUT2D eigenvalue weighted by Crippen LogP contribution is -2.20. The van der Waals surface area contributed by atoms with Crippen LogP contribution in [0.1, 0.15) is 23.1 Å². The minimum Gasteiger partial charge on any atom is -0.351 e. The van der Waals surface area contributed by atoms with E-state index in [0.29, 0.717) is 28.3 Å². The molecule has 3 aromatic rings. The van der Waals surface area contributed by atoms with Crippen LogP contribution in [0.15, 0.2) is 48.5 Å². The second-order valence-corrected chi connectivity index (χ2v) is 5.53. The second kappa shape index (κ2) is 7.47. The summed E-state index contributed by atoms with van der Waals surface area (Å²) in [5, 5.41) is 12.4. The maximum atomic E-state index is 12.6. The molecular formula is C18H18N6O2. The van der Waals surface area contributed by atoms with Gasteiger partial charge in [-0.1, -0.05) is 25.1 Å². The number of hydrogen-bond donors (Lipinski definition) is 4. The van der Waals surface area contributed by atoms with E-state index in [0.717, 1.165) is 12.2 Å². The van der Waals surface area contributed by atoms with Crippen LogP contribution in [0.4, 0.5) is 16.2 Å². The third-order valence-corrected chi connectivity index (χ3v) is 3.68. The van der Waals surface area contributed by atoms with Crippen molar-refractivity contribution < 1.29 is 9.59 Å². The zero-order valence-corrected chi connectivity index (χ0v) is 14.1. The fourth-order valence-electron chi connectivity index (χ4n) is 2.44. The van der Waals surface area contributed by atoms with Crippen LogP contribution in [0.3, 0.4) is 0 Å². The summed E-state index contributed by atoms with van der Waals surface area (Å²) in [6.45, 7) is 1.98. The number of aromatic nitrogens is 3. The van der Waals surface area contributed by atoms with Gasteiger partial charge in [-0.05, 0) is 30.3 Å². The summed E-state index contributed by atoms with van der Waals surface area (Å²) >= 11 is 0. The van der Waals surface area contributed by atoms with Crippen molar-refractivity contribution in [2.24, 2.45) is 5.73 Å². The number of H-pyrrole nitrogens is 1. The number of aromatic amines is 1. The second-order valence-electron chi connectivity index (χ2n) is 5.53. The molecule has 132 valence electrons. The van der Waals surface area contributed by atoms with Crippen molar-refractivity contribution >= 4 is 23.3 Å². The van der Waals surface area contributed by atoms with Gasteiger partial charge in [-0.15, -0.1) is 0 Å². The number of rotatable bonds is 5. The summed E-state index contributed by atoms with van der Waals surface area (Å²) in [4.78, 5) is 28.0. The quantitative estimate of drug-likeness (QED) is 0.564. The predicted molar refractivity (Wildman–Crippen MR) is 98.8 cm³/mol. The Morgan fingerprint density at radius 1 is 1.12 bits per heavy atom. The molecule has 1 aromatic heterocycles. The number of nitrogens with zero attached hydrogens (tertiary/aromatic N) is 2. The molecule has 26 heavy (non-hydrogen) atoms. The van der Waals surface area contributed by atoms with Crippen molar-refractivity contribution in [3.8, 4) is 11.4 Å². The fraction of sp³-hybridized carbons (Fsp3) is 0.111. The number of carbonyl (C=O) groups excluding carboxylic acids is 2. The van der Waals surface area contributed by atoms with E-state index in [2.05, 4.69) is 25.8 Å². The first kappa shape index (κ1) is 17.2. The van der Waals surface area contributed by atoms with E-state index in [1.165, 1.54) is 0 Å². The monoisotopic (exact) mass is 350 g/mol. The van der Waals surface area contributed by atoms with Crippen molar-refractivity contribution in [2.75, 3.05) is 10.6 Å². The van der Waals surface area contributed by atoms with Gasteiger partial charge in [0.1, 0.15) is 5.82 Å². The molecule has 0 bridgehead atoms. The fourth-order valence-corrected chi connectivity index (χ4v) is 2.44. The minimum absolute atomic E-state index is 0.322. The molecule has 0 atom stereocenters. The average molecular weight is 350 g/mol. The minimum atomic E-state index is -0.691. The van der Waals surface area contributed by atoms with E-state index in [4.69, 9.17) is 5.73 Å². The Morgan fingerprint density at radius 2 is 1.92 bits per heavy atom. The molecule has 1 heterocycles. The van der Waals surface area contributed by atoms with Crippen molar-refractivity contribution in [3.05, 3.63) is 59.9 Å². The highest BCUT2D eigenvalue weighted by molar-refractivity contribution is 6.06. The number of benzene rings is 2. The van der Waals surface area contributed by atoms with Gasteiger partial charge < -0.3 is 16.4 Å². The molecule has 0 aliphatic heterocycles. The standard InChI is InChI=1S/C18H18N6O2/c1-2-15-22-16(24-23-15)13-8-3-4-9-14(13)21-17(25)11-6-5-7-12(10-11)20-18(19)26/h3-10H,2H2,1H3,(H,21,25)(H3,19,20,26)(H,22,23,24). The molecule has 2 aromatic carbocycles. The van der Waals surface area contributed by atoms with Crippen LogP contribution in [0, 0.1) is 0 Å². The zero-order chi connectivity index (χ0) is 18.5. The number of amides is 3. The Morgan fingerprint density at radius 3 is 2.65 bits per heavy atom. The molecule has 0 unspecified atom stereocenters. The number of urea groups is 1. The van der Waals surface area contributed by atoms with Crippen molar-refractivity contribution in [3.63, 3.8) is 0 Å². The maximum absolute atomic E-state index is 12.6. The molecular weight excluding hydrogens is 332 g/mol. The van der Waals surface area contributed by atoms with Gasteiger partial charge in [0, 0.05) is 23.2 Å². The van der Waals surface area contributed by atoms with Crippen LogP contribution in [0.25, 0.3) is 11.4 Å². The molecule has 0 fully saturated rings. The van der Waals surface area contributed by atoms with Gasteiger partial charge in [-0.3, -0.25) is 9.89 Å². The smallest absolute Gasteiger partial charge is 0.316 e. The number of aryl methyl sites for hydroxylation is 1. The van der Waals surface area contributed by atoms with Gasteiger partial charge in [0.2, 0.25) is 0 Å². The lowest BCUT2D eigenvalue weighted by molar-refractivity contribution is 0.102. The summed E-state index contributed by atoms with van der Waals surface area (Å²) in [6.07, 6.45) is 0.737. The number of para-hydroxylation sites is 1. The van der Waals surface area contributed by atoms with Gasteiger partial charge in [0.15, 0.2) is 5.82 Å². The van der Waals surface area contributed by atoms with E-state index in [9.17, 15) is 9.59 Å². The molecule has 0 spiro atoms. The molecule has 0 aliphatic carbocycles. The van der Waals surface area contributed by atoms with Gasteiger partial charge >= 0.3 is 6.03 Å². The Kier molecular flexibility index (Phi) is 4.93. The largest absolute Gasteiger partial charge is 0.351 e. The van der Waals surface area contributed by atoms with Crippen molar-refractivity contribution in [2.45, 2.75) is 13.3 Å². The molecule has 0 saturated carbocycles. The van der Waals surface area contributed by atoms with E-state index >= 15 is 0 Å². The van der Waals surface area contributed by atoms with Crippen LogP contribution in [-0.4, -0.2) is 27.1 Å². The third kappa shape index (κ3) is 3.86. The summed E-state index contributed by atoms with van der Waals surface area (Å²) in [5.74, 6) is 0.963. The highest BCUT2D eigenvalue weighted by Gasteiger charge is 2.13. The first-order chi connectivity index (χ1) is 12.6. The third-order valence-electron chi connectivity index (χ3n) is 3.68. The normalized spacial score (nSPS) is 10.3. The zero-order valence-electron chi connectivity index (χ0n) is 14.1. The van der Waals surface area contributed by atoms with Crippen LogP contribution in [0.5, 0.6) is 0 Å². The summed E-state index contributed by atoms with van der Waals surface area (Å²) in [5.41, 5.74) is 7.23. The topological polar surface area (TPSA) is 126 Å². The molecule has 0 saturated heterocycles. The average Bonchev–Trinajstić information content (AvgIpc) is 3.11. The lowest BCUT2D eigenvalue weighted by Gasteiger charge is -2.10. The summed E-state index contributed by atoms with van der Waals surface area (Å²) < 4.78 is 0. The van der Waals surface area contributed by atoms with Crippen molar-refractivity contribution in [1.29, 1.82) is 0 Å². The van der Waals surface area contributed by atoms with E-state index in [-0.39, 0.29) is 5.91 Å². The lowest BCUT2D eigenvalue weighted by atomic mass is 10.1. The van der Waals surface area contributed by atoms with Crippen LogP contribution < -0.4 is 16.4 Å². The van der Waals surface area contributed by atoms with Gasteiger partial charge in [-0.25, -0.2) is 9.78 Å². The van der Waals surface area contributed by atoms with Gasteiger partial charge in [0.05, 0.1) is 5.69 Å². The summed E-state index contributed by atoms with van der Waals surface area (Å²) in [7, 11) is 0. The van der Waals surface area contributed by atoms with E-state index in [1.807, 2.05) is 25.1 Å². The first-order valence-electron chi connectivity index (χ1n) is 8.05.